The highest BCUT2D eigenvalue weighted by atomic mass is 32.2. The number of fused-ring (bicyclic) bond motifs is 3. The fourth-order valence-electron chi connectivity index (χ4n) is 5.94. The average molecular weight is 562 g/mol. The Morgan fingerprint density at radius 2 is 1.87 bits per heavy atom. The second kappa shape index (κ2) is 11.1. The first-order valence-electron chi connectivity index (χ1n) is 13.3. The first-order valence-corrected chi connectivity index (χ1v) is 14.8. The number of hydrogen-bond acceptors (Lipinski definition) is 5. The van der Waals surface area contributed by atoms with E-state index in [-0.39, 0.29) is 42.4 Å². The Labute approximate surface area is 227 Å². The number of benzene rings is 2. The second-order valence-electron chi connectivity index (χ2n) is 10.6. The number of rotatable bonds is 7. The van der Waals surface area contributed by atoms with Crippen LogP contribution in [0.3, 0.4) is 0 Å². The van der Waals surface area contributed by atoms with Gasteiger partial charge < -0.3 is 15.8 Å². The number of hydrogen-bond donors (Lipinski definition) is 2. The van der Waals surface area contributed by atoms with Crippen molar-refractivity contribution < 1.29 is 26.3 Å². The first-order chi connectivity index (χ1) is 18.6. The minimum absolute atomic E-state index is 0.0159. The standard InChI is InChI=1S/C29H34F3N3O3S/c1-19-7-11-23(12-8-19)39(36,37)35(16-15-33)18-22-10-13-24-27(20-5-3-2-4-6-20)34-26-14-9-21(29(30,31)32)17-25(26)28(24)38-22/h2-5,7-9,11-12,14,17,20,22,24,27-28,34H,6,10,13,15-16,18,33H2,1H3/t20?,22-,24+,27+,28+/m1/s1. The molecule has 1 aliphatic carbocycles. The molecule has 0 saturated carbocycles. The SMILES string of the molecule is Cc1ccc(S(=O)(=O)N(CCN)C[C@H]2CC[C@@H]3[C@H](O2)c2cc(C(F)(F)F)ccc2N[C@H]3C2C=CC=CC2)cc1. The normalized spacial score (nSPS) is 26.7. The summed E-state index contributed by atoms with van der Waals surface area (Å²) in [5, 5.41) is 3.52. The van der Waals surface area contributed by atoms with Crippen LogP contribution in [0.5, 0.6) is 0 Å². The lowest BCUT2D eigenvalue weighted by Crippen LogP contribution is -2.49. The predicted octanol–water partition coefficient (Wildman–Crippen LogP) is 5.43. The van der Waals surface area contributed by atoms with E-state index in [0.717, 1.165) is 18.1 Å². The van der Waals surface area contributed by atoms with Crippen molar-refractivity contribution in [3.05, 3.63) is 83.5 Å². The van der Waals surface area contributed by atoms with Gasteiger partial charge in [-0.3, -0.25) is 0 Å². The monoisotopic (exact) mass is 561 g/mol. The third-order valence-electron chi connectivity index (χ3n) is 7.94. The summed E-state index contributed by atoms with van der Waals surface area (Å²) in [6, 6.07) is 10.4. The van der Waals surface area contributed by atoms with Gasteiger partial charge in [0.25, 0.3) is 0 Å². The molecule has 1 saturated heterocycles. The van der Waals surface area contributed by atoms with Crippen molar-refractivity contribution in [1.82, 2.24) is 4.31 Å². The molecule has 1 fully saturated rings. The van der Waals surface area contributed by atoms with Gasteiger partial charge in [0, 0.05) is 48.8 Å². The number of alkyl halides is 3. The number of halogens is 3. The number of sulfonamides is 1. The van der Waals surface area contributed by atoms with E-state index in [2.05, 4.69) is 17.5 Å². The van der Waals surface area contributed by atoms with E-state index in [4.69, 9.17) is 10.5 Å². The summed E-state index contributed by atoms with van der Waals surface area (Å²) in [7, 11) is -3.83. The number of ether oxygens (including phenoxy) is 1. The maximum atomic E-state index is 13.6. The molecule has 210 valence electrons. The number of aryl methyl sites for hydroxylation is 1. The highest BCUT2D eigenvalue weighted by Crippen LogP contribution is 2.49. The Balaban J connectivity index is 1.44. The molecule has 2 heterocycles. The average Bonchev–Trinajstić information content (AvgIpc) is 2.92. The summed E-state index contributed by atoms with van der Waals surface area (Å²) >= 11 is 0. The van der Waals surface area contributed by atoms with E-state index < -0.39 is 34.0 Å². The van der Waals surface area contributed by atoms with Crippen molar-refractivity contribution in [2.24, 2.45) is 17.6 Å². The zero-order chi connectivity index (χ0) is 27.8. The summed E-state index contributed by atoms with van der Waals surface area (Å²) in [5.74, 6) is 0.115. The smallest absolute Gasteiger partial charge is 0.381 e. The molecule has 2 aliphatic heterocycles. The van der Waals surface area contributed by atoms with Crippen LogP contribution in [-0.2, 0) is 20.9 Å². The van der Waals surface area contributed by atoms with Gasteiger partial charge in [-0.1, -0.05) is 42.0 Å². The van der Waals surface area contributed by atoms with Gasteiger partial charge in [-0.2, -0.15) is 17.5 Å². The lowest BCUT2D eigenvalue weighted by atomic mass is 9.73. The lowest BCUT2D eigenvalue weighted by molar-refractivity contribution is -0.138. The Kier molecular flexibility index (Phi) is 7.92. The lowest BCUT2D eigenvalue weighted by Gasteiger charge is -2.48. The van der Waals surface area contributed by atoms with Gasteiger partial charge in [0.05, 0.1) is 22.7 Å². The molecule has 0 amide bonds. The fraction of sp³-hybridized carbons (Fsp3) is 0.448. The summed E-state index contributed by atoms with van der Waals surface area (Å²) in [6.07, 6.45) is 4.78. The van der Waals surface area contributed by atoms with Crippen LogP contribution >= 0.6 is 0 Å². The largest absolute Gasteiger partial charge is 0.416 e. The molecule has 39 heavy (non-hydrogen) atoms. The van der Waals surface area contributed by atoms with E-state index >= 15 is 0 Å². The van der Waals surface area contributed by atoms with Gasteiger partial charge in [0.1, 0.15) is 0 Å². The van der Waals surface area contributed by atoms with Gasteiger partial charge in [0.15, 0.2) is 0 Å². The highest BCUT2D eigenvalue weighted by Gasteiger charge is 2.45. The molecule has 5 atom stereocenters. The van der Waals surface area contributed by atoms with E-state index in [0.29, 0.717) is 24.1 Å². The van der Waals surface area contributed by atoms with Crippen LogP contribution in [0.2, 0.25) is 0 Å². The molecule has 3 N–H and O–H groups in total. The molecule has 2 aromatic carbocycles. The Morgan fingerprint density at radius 1 is 1.10 bits per heavy atom. The molecule has 0 spiro atoms. The minimum atomic E-state index is -4.48. The first kappa shape index (κ1) is 27.9. The van der Waals surface area contributed by atoms with Crippen molar-refractivity contribution in [2.75, 3.05) is 25.0 Å². The van der Waals surface area contributed by atoms with Crippen LogP contribution in [0.1, 0.15) is 42.1 Å². The van der Waals surface area contributed by atoms with Crippen LogP contribution in [0, 0.1) is 18.8 Å². The van der Waals surface area contributed by atoms with Crippen LogP contribution < -0.4 is 11.1 Å². The number of anilines is 1. The van der Waals surface area contributed by atoms with Crippen molar-refractivity contribution in [3.63, 3.8) is 0 Å². The second-order valence-corrected chi connectivity index (χ2v) is 12.5. The molecular formula is C29H34F3N3O3S. The van der Waals surface area contributed by atoms with E-state index in [1.165, 1.54) is 16.4 Å². The zero-order valence-corrected chi connectivity index (χ0v) is 22.6. The predicted molar refractivity (Wildman–Crippen MR) is 145 cm³/mol. The van der Waals surface area contributed by atoms with Gasteiger partial charge in [-0.15, -0.1) is 0 Å². The van der Waals surface area contributed by atoms with Crippen LogP contribution in [0.4, 0.5) is 18.9 Å². The Morgan fingerprint density at radius 3 is 2.54 bits per heavy atom. The highest BCUT2D eigenvalue weighted by molar-refractivity contribution is 7.89. The topological polar surface area (TPSA) is 84.7 Å². The van der Waals surface area contributed by atoms with Crippen LogP contribution in [-0.4, -0.2) is 44.5 Å². The summed E-state index contributed by atoms with van der Waals surface area (Å²) in [4.78, 5) is 0.175. The third kappa shape index (κ3) is 5.79. The summed E-state index contributed by atoms with van der Waals surface area (Å²) in [5.41, 5.74) is 7.11. The molecule has 0 radical (unpaired) electrons. The van der Waals surface area contributed by atoms with Crippen molar-refractivity contribution in [3.8, 4) is 0 Å². The van der Waals surface area contributed by atoms with Gasteiger partial charge in [-0.05, 0) is 56.5 Å². The maximum Gasteiger partial charge on any atom is 0.416 e. The number of nitrogens with zero attached hydrogens (tertiary/aromatic N) is 1. The zero-order valence-electron chi connectivity index (χ0n) is 21.8. The quantitative estimate of drug-likeness (QED) is 0.471. The molecule has 6 nitrogen and oxygen atoms in total. The van der Waals surface area contributed by atoms with Crippen LogP contribution in [0.15, 0.2) is 71.7 Å². The third-order valence-corrected chi connectivity index (χ3v) is 9.82. The number of nitrogens with one attached hydrogen (secondary N) is 1. The molecule has 1 unspecified atom stereocenters. The fourth-order valence-corrected chi connectivity index (χ4v) is 7.42. The molecule has 0 aromatic heterocycles. The molecule has 0 bridgehead atoms. The Hall–Kier alpha value is -2.66. The van der Waals surface area contributed by atoms with E-state index in [1.54, 1.807) is 24.3 Å². The van der Waals surface area contributed by atoms with E-state index in [1.807, 2.05) is 19.1 Å². The molecular weight excluding hydrogens is 527 g/mol. The number of nitrogens with two attached hydrogens (primary N) is 1. The minimum Gasteiger partial charge on any atom is -0.381 e. The van der Waals surface area contributed by atoms with Gasteiger partial charge in [-0.25, -0.2) is 8.42 Å². The number of allylic oxidation sites excluding steroid dienone is 3. The molecule has 3 aliphatic rings. The molecule has 10 heteroatoms. The van der Waals surface area contributed by atoms with Crippen molar-refractivity contribution in [1.29, 1.82) is 0 Å². The summed E-state index contributed by atoms with van der Waals surface area (Å²) < 4.78 is 75.7. The maximum absolute atomic E-state index is 13.6. The van der Waals surface area contributed by atoms with E-state index in [9.17, 15) is 21.6 Å². The van der Waals surface area contributed by atoms with Gasteiger partial charge in [0.2, 0.25) is 10.0 Å². The van der Waals surface area contributed by atoms with Crippen LogP contribution in [0.25, 0.3) is 0 Å². The van der Waals surface area contributed by atoms with Gasteiger partial charge >= 0.3 is 6.18 Å². The molecule has 5 rings (SSSR count). The summed E-state index contributed by atoms with van der Waals surface area (Å²) in [6.45, 7) is 2.21. The van der Waals surface area contributed by atoms with Crippen molar-refractivity contribution >= 4 is 15.7 Å². The molecule has 2 aromatic rings. The van der Waals surface area contributed by atoms with Crippen molar-refractivity contribution in [2.45, 2.75) is 55.5 Å². The Bertz CT molecular complexity index is 1340.